The fourth-order valence-corrected chi connectivity index (χ4v) is 4.49. The van der Waals surface area contributed by atoms with Gasteiger partial charge >= 0.3 is 0 Å². The molecule has 28 heavy (non-hydrogen) atoms. The summed E-state index contributed by atoms with van der Waals surface area (Å²) in [5.74, 6) is -2.08. The standard InChI is InChI=1S/C20H15ClF2N2O2S/c1-11-8-18(20(24)26)25-10-16(11)19(15-9-13(22)4-7-17(15)23)28(27)14-5-2-12(21)3-6-14/h2-10,19H,1H3,(H2,24,26). The highest BCUT2D eigenvalue weighted by Crippen LogP contribution is 2.38. The highest BCUT2D eigenvalue weighted by atomic mass is 35.5. The van der Waals surface area contributed by atoms with Gasteiger partial charge in [0.2, 0.25) is 0 Å². The van der Waals surface area contributed by atoms with Crippen molar-refractivity contribution < 1.29 is 18.1 Å². The largest absolute Gasteiger partial charge is 0.611 e. The summed E-state index contributed by atoms with van der Waals surface area (Å²) in [5, 5.41) is -0.593. The van der Waals surface area contributed by atoms with Crippen molar-refractivity contribution in [1.29, 1.82) is 0 Å². The van der Waals surface area contributed by atoms with Gasteiger partial charge in [-0.05, 0) is 72.2 Å². The highest BCUT2D eigenvalue weighted by molar-refractivity contribution is 7.91. The zero-order chi connectivity index (χ0) is 20.4. The SMILES string of the molecule is Cc1cc(C(N)=O)ncc1C(c1cc(F)ccc1F)[S+]([O-])c1ccc(Cl)cc1. The Morgan fingerprint density at radius 3 is 2.43 bits per heavy atom. The van der Waals surface area contributed by atoms with E-state index in [1.165, 1.54) is 12.3 Å². The number of amides is 1. The van der Waals surface area contributed by atoms with Crippen LogP contribution < -0.4 is 5.73 Å². The summed E-state index contributed by atoms with van der Waals surface area (Å²) in [7, 11) is 0. The van der Waals surface area contributed by atoms with E-state index in [-0.39, 0.29) is 11.3 Å². The summed E-state index contributed by atoms with van der Waals surface area (Å²) in [6, 6.07) is 10.7. The van der Waals surface area contributed by atoms with Gasteiger partial charge in [0.15, 0.2) is 10.1 Å². The van der Waals surface area contributed by atoms with Crippen molar-refractivity contribution in [3.63, 3.8) is 0 Å². The number of rotatable bonds is 5. The highest BCUT2D eigenvalue weighted by Gasteiger charge is 2.33. The first-order chi connectivity index (χ1) is 13.3. The molecule has 2 N–H and O–H groups in total. The van der Waals surface area contributed by atoms with E-state index in [1.54, 1.807) is 31.2 Å². The van der Waals surface area contributed by atoms with Crippen molar-refractivity contribution in [1.82, 2.24) is 4.98 Å². The second-order valence-electron chi connectivity index (χ2n) is 6.09. The van der Waals surface area contributed by atoms with Crippen LogP contribution in [0.25, 0.3) is 0 Å². The van der Waals surface area contributed by atoms with Crippen LogP contribution >= 0.6 is 11.6 Å². The smallest absolute Gasteiger partial charge is 0.267 e. The molecule has 144 valence electrons. The van der Waals surface area contributed by atoms with Crippen molar-refractivity contribution >= 4 is 28.7 Å². The number of nitrogens with zero attached hydrogens (tertiary/aromatic N) is 1. The van der Waals surface area contributed by atoms with Gasteiger partial charge in [-0.2, -0.15) is 0 Å². The molecule has 2 aromatic carbocycles. The van der Waals surface area contributed by atoms with Crippen LogP contribution in [0.15, 0.2) is 59.6 Å². The molecule has 4 nitrogen and oxygen atoms in total. The third-order valence-corrected chi connectivity index (χ3v) is 6.11. The minimum absolute atomic E-state index is 0.0250. The molecule has 0 bridgehead atoms. The van der Waals surface area contributed by atoms with Gasteiger partial charge in [-0.15, -0.1) is 0 Å². The van der Waals surface area contributed by atoms with Gasteiger partial charge in [0.1, 0.15) is 17.3 Å². The van der Waals surface area contributed by atoms with Gasteiger partial charge in [-0.25, -0.2) is 8.78 Å². The maximum atomic E-state index is 14.6. The molecule has 1 amide bonds. The topological polar surface area (TPSA) is 79.0 Å². The first-order valence-corrected chi connectivity index (χ1v) is 9.74. The molecule has 0 spiro atoms. The molecule has 3 aromatic rings. The fourth-order valence-electron chi connectivity index (χ4n) is 2.79. The van der Waals surface area contributed by atoms with Crippen molar-refractivity contribution in [2.24, 2.45) is 5.73 Å². The lowest BCUT2D eigenvalue weighted by molar-refractivity contribution is 0.0995. The lowest BCUT2D eigenvalue weighted by Crippen LogP contribution is -2.20. The van der Waals surface area contributed by atoms with Crippen LogP contribution in [0.4, 0.5) is 8.78 Å². The molecule has 2 unspecified atom stereocenters. The van der Waals surface area contributed by atoms with Gasteiger partial charge in [-0.3, -0.25) is 9.78 Å². The summed E-state index contributed by atoms with van der Waals surface area (Å²) < 4.78 is 41.8. The van der Waals surface area contributed by atoms with Crippen molar-refractivity contribution in [3.05, 3.63) is 93.8 Å². The van der Waals surface area contributed by atoms with Gasteiger partial charge < -0.3 is 10.3 Å². The second kappa shape index (κ2) is 8.26. The van der Waals surface area contributed by atoms with E-state index in [1.807, 2.05) is 0 Å². The Bertz CT molecular complexity index is 1030. The monoisotopic (exact) mass is 420 g/mol. The van der Waals surface area contributed by atoms with Crippen molar-refractivity contribution in [2.75, 3.05) is 0 Å². The van der Waals surface area contributed by atoms with Crippen LogP contribution in [-0.2, 0) is 11.2 Å². The fraction of sp³-hybridized carbons (Fsp3) is 0.100. The Balaban J connectivity index is 2.18. The maximum absolute atomic E-state index is 14.6. The first-order valence-electron chi connectivity index (χ1n) is 8.15. The van der Waals surface area contributed by atoms with Crippen molar-refractivity contribution in [3.8, 4) is 0 Å². The first kappa shape index (κ1) is 20.3. The van der Waals surface area contributed by atoms with E-state index in [9.17, 15) is 18.1 Å². The van der Waals surface area contributed by atoms with E-state index in [4.69, 9.17) is 17.3 Å². The Morgan fingerprint density at radius 1 is 1.14 bits per heavy atom. The van der Waals surface area contributed by atoms with E-state index in [2.05, 4.69) is 4.98 Å². The summed E-state index contributed by atoms with van der Waals surface area (Å²) >= 11 is 4.09. The molecular weight excluding hydrogens is 406 g/mol. The molecule has 0 saturated carbocycles. The lowest BCUT2D eigenvalue weighted by atomic mass is 10.0. The third-order valence-electron chi connectivity index (χ3n) is 4.19. The second-order valence-corrected chi connectivity index (χ2v) is 8.06. The lowest BCUT2D eigenvalue weighted by Gasteiger charge is -2.24. The molecule has 0 aliphatic rings. The van der Waals surface area contributed by atoms with Gasteiger partial charge in [0.05, 0.1) is 0 Å². The van der Waals surface area contributed by atoms with Gasteiger partial charge in [0, 0.05) is 22.3 Å². The van der Waals surface area contributed by atoms with Crippen LogP contribution in [0.5, 0.6) is 0 Å². The number of carbonyl (C=O) groups is 1. The molecule has 0 saturated heterocycles. The summed E-state index contributed by atoms with van der Waals surface area (Å²) in [6.07, 6.45) is 1.32. The van der Waals surface area contributed by atoms with Crippen LogP contribution in [0, 0.1) is 18.6 Å². The number of aryl methyl sites for hydroxylation is 1. The number of nitrogens with two attached hydrogens (primary N) is 1. The van der Waals surface area contributed by atoms with Crippen LogP contribution in [0.1, 0.15) is 32.4 Å². The average molecular weight is 421 g/mol. The van der Waals surface area contributed by atoms with Crippen molar-refractivity contribution in [2.45, 2.75) is 17.1 Å². The predicted molar refractivity (Wildman–Crippen MR) is 104 cm³/mol. The molecule has 1 heterocycles. The molecular formula is C20H15ClF2N2O2S. The number of hydrogen-bond donors (Lipinski definition) is 1. The van der Waals surface area contributed by atoms with Crippen LogP contribution in [-0.4, -0.2) is 15.4 Å². The quantitative estimate of drug-likeness (QED) is 0.624. The Kier molecular flexibility index (Phi) is 5.98. The van der Waals surface area contributed by atoms with Gasteiger partial charge in [-0.1, -0.05) is 11.6 Å². The molecule has 0 aliphatic heterocycles. The summed E-state index contributed by atoms with van der Waals surface area (Å²) in [4.78, 5) is 15.7. The zero-order valence-electron chi connectivity index (χ0n) is 14.7. The third kappa shape index (κ3) is 4.16. The molecule has 1 aromatic heterocycles. The molecule has 2 atom stereocenters. The predicted octanol–water partition coefficient (Wildman–Crippen LogP) is 4.32. The van der Waals surface area contributed by atoms with E-state index in [0.717, 1.165) is 18.2 Å². The minimum atomic E-state index is -1.80. The van der Waals surface area contributed by atoms with E-state index >= 15 is 0 Å². The number of hydrogen-bond acceptors (Lipinski definition) is 3. The number of pyridine rings is 1. The number of carbonyl (C=O) groups excluding carboxylic acids is 1. The molecule has 0 aliphatic carbocycles. The summed E-state index contributed by atoms with van der Waals surface area (Å²) in [5.41, 5.74) is 6.11. The molecule has 3 rings (SSSR count). The maximum Gasteiger partial charge on any atom is 0.267 e. The van der Waals surface area contributed by atoms with Gasteiger partial charge in [0.25, 0.3) is 5.91 Å². The van der Waals surface area contributed by atoms with E-state index in [0.29, 0.717) is 21.0 Å². The number of benzene rings is 2. The Hall–Kier alpha value is -2.48. The van der Waals surface area contributed by atoms with Crippen LogP contribution in [0.3, 0.4) is 0 Å². The van der Waals surface area contributed by atoms with Crippen LogP contribution in [0.2, 0.25) is 5.02 Å². The molecule has 8 heteroatoms. The number of halogens is 3. The Labute approximate surface area is 168 Å². The minimum Gasteiger partial charge on any atom is -0.611 e. The zero-order valence-corrected chi connectivity index (χ0v) is 16.2. The number of aromatic nitrogens is 1. The van der Waals surface area contributed by atoms with E-state index < -0.39 is 34.0 Å². The normalized spacial score (nSPS) is 13.2. The Morgan fingerprint density at radius 2 is 1.82 bits per heavy atom. The molecule has 0 radical (unpaired) electrons. The summed E-state index contributed by atoms with van der Waals surface area (Å²) in [6.45, 7) is 1.66. The average Bonchev–Trinajstić information content (AvgIpc) is 2.66. The number of primary amides is 1. The molecule has 0 fully saturated rings.